The van der Waals surface area contributed by atoms with Crippen molar-refractivity contribution in [2.45, 2.75) is 32.4 Å². The minimum absolute atomic E-state index is 0.129. The summed E-state index contributed by atoms with van der Waals surface area (Å²) in [7, 11) is 1.32. The summed E-state index contributed by atoms with van der Waals surface area (Å²) >= 11 is 0. The third kappa shape index (κ3) is 6.60. The fourth-order valence-corrected chi connectivity index (χ4v) is 2.86. The molecule has 0 radical (unpaired) electrons. The van der Waals surface area contributed by atoms with Gasteiger partial charge in [0.25, 0.3) is 0 Å². The topological polar surface area (TPSA) is 75.7 Å². The molecule has 0 saturated carbocycles. The number of hydrogen-bond acceptors (Lipinski definition) is 4. The Hall–Kier alpha value is -3.41. The van der Waals surface area contributed by atoms with Crippen molar-refractivity contribution in [3.8, 4) is 0 Å². The van der Waals surface area contributed by atoms with Crippen LogP contribution in [-0.2, 0) is 32.1 Å². The van der Waals surface area contributed by atoms with Crippen molar-refractivity contribution in [3.63, 3.8) is 0 Å². The zero-order chi connectivity index (χ0) is 21.2. The van der Waals surface area contributed by atoms with Gasteiger partial charge in [0.15, 0.2) is 0 Å². The molecule has 1 N–H and O–H groups in total. The van der Waals surface area contributed by atoms with E-state index in [0.717, 1.165) is 11.1 Å². The Labute approximate surface area is 171 Å². The Morgan fingerprint density at radius 1 is 1.07 bits per heavy atom. The van der Waals surface area contributed by atoms with Gasteiger partial charge in [0.2, 0.25) is 11.8 Å². The molecule has 0 aliphatic rings. The molecular formula is C23H26N2O4. The summed E-state index contributed by atoms with van der Waals surface area (Å²) in [5.74, 6) is -0.853. The number of amides is 2. The van der Waals surface area contributed by atoms with Gasteiger partial charge < -0.3 is 15.0 Å². The van der Waals surface area contributed by atoms with Crippen LogP contribution in [0.2, 0.25) is 0 Å². The molecular weight excluding hydrogens is 368 g/mol. The van der Waals surface area contributed by atoms with Crippen molar-refractivity contribution in [3.05, 3.63) is 78.4 Å². The number of nitrogens with one attached hydrogen (secondary N) is 1. The van der Waals surface area contributed by atoms with E-state index in [-0.39, 0.29) is 18.2 Å². The highest BCUT2D eigenvalue weighted by molar-refractivity contribution is 5.98. The van der Waals surface area contributed by atoms with Gasteiger partial charge in [-0.05, 0) is 42.7 Å². The van der Waals surface area contributed by atoms with Gasteiger partial charge >= 0.3 is 5.97 Å². The fourth-order valence-electron chi connectivity index (χ4n) is 2.86. The summed E-state index contributed by atoms with van der Waals surface area (Å²) in [4.78, 5) is 37.8. The molecule has 6 heteroatoms. The third-order valence-corrected chi connectivity index (χ3v) is 4.56. The van der Waals surface area contributed by atoms with E-state index < -0.39 is 12.0 Å². The number of carbonyl (C=O) groups excluding carboxylic acids is 3. The smallest absolute Gasteiger partial charge is 0.328 e. The first-order valence-corrected chi connectivity index (χ1v) is 9.38. The number of aryl methyl sites for hydroxylation is 1. The number of benzene rings is 2. The minimum atomic E-state index is -0.677. The first-order chi connectivity index (χ1) is 13.9. The van der Waals surface area contributed by atoms with Crippen LogP contribution in [0.5, 0.6) is 0 Å². The Morgan fingerprint density at radius 3 is 2.31 bits per heavy atom. The molecule has 0 aromatic heterocycles. The zero-order valence-electron chi connectivity index (χ0n) is 16.8. The molecule has 0 aliphatic carbocycles. The van der Waals surface area contributed by atoms with Crippen LogP contribution in [-0.4, -0.2) is 35.8 Å². The van der Waals surface area contributed by atoms with Gasteiger partial charge in [-0.1, -0.05) is 49.0 Å². The average Bonchev–Trinajstić information content (AvgIpc) is 2.76. The van der Waals surface area contributed by atoms with Crippen molar-refractivity contribution >= 4 is 23.5 Å². The molecule has 2 aromatic rings. The van der Waals surface area contributed by atoms with E-state index in [0.29, 0.717) is 18.7 Å². The molecule has 6 nitrogen and oxygen atoms in total. The molecule has 2 amide bonds. The molecule has 2 aromatic carbocycles. The highest BCUT2D eigenvalue weighted by Gasteiger charge is 2.26. The monoisotopic (exact) mass is 394 g/mol. The number of esters is 1. The third-order valence-electron chi connectivity index (χ3n) is 4.56. The molecule has 0 aliphatic heterocycles. The van der Waals surface area contributed by atoms with Crippen LogP contribution >= 0.6 is 0 Å². The highest BCUT2D eigenvalue weighted by atomic mass is 16.5. The van der Waals surface area contributed by atoms with E-state index in [4.69, 9.17) is 4.74 Å². The van der Waals surface area contributed by atoms with Gasteiger partial charge in [0.05, 0.1) is 7.11 Å². The SMILES string of the molecule is C=CC(=O)Nc1ccc(CCC(=O)N(Cc2ccccc2)[C@H](C)C(=O)OC)cc1. The second kappa shape index (κ2) is 10.8. The molecule has 1 atom stereocenters. The van der Waals surface area contributed by atoms with Crippen LogP contribution in [0.3, 0.4) is 0 Å². The van der Waals surface area contributed by atoms with Crippen LogP contribution < -0.4 is 5.32 Å². The van der Waals surface area contributed by atoms with Crippen molar-refractivity contribution in [2.75, 3.05) is 12.4 Å². The van der Waals surface area contributed by atoms with Crippen molar-refractivity contribution in [1.82, 2.24) is 4.90 Å². The van der Waals surface area contributed by atoms with Gasteiger partial charge in [0, 0.05) is 18.7 Å². The summed E-state index contributed by atoms with van der Waals surface area (Å²) in [5, 5.41) is 2.68. The van der Waals surface area contributed by atoms with Crippen LogP contribution in [0.15, 0.2) is 67.3 Å². The standard InChI is InChI=1S/C23H26N2O4/c1-4-21(26)24-20-13-10-18(11-14-20)12-15-22(27)25(17(2)23(28)29-3)16-19-8-6-5-7-9-19/h4-11,13-14,17H,1,12,15-16H2,2-3H3,(H,24,26)/t17-/m1/s1. The van der Waals surface area contributed by atoms with Crippen molar-refractivity contribution in [1.29, 1.82) is 0 Å². The molecule has 0 unspecified atom stereocenters. The van der Waals surface area contributed by atoms with E-state index >= 15 is 0 Å². The lowest BCUT2D eigenvalue weighted by Crippen LogP contribution is -2.43. The molecule has 0 heterocycles. The minimum Gasteiger partial charge on any atom is -0.467 e. The largest absolute Gasteiger partial charge is 0.467 e. The lowest BCUT2D eigenvalue weighted by molar-refractivity contribution is -0.152. The predicted molar refractivity (Wildman–Crippen MR) is 112 cm³/mol. The predicted octanol–water partition coefficient (Wildman–Crippen LogP) is 3.33. The number of carbonyl (C=O) groups is 3. The van der Waals surface area contributed by atoms with E-state index in [1.54, 1.807) is 24.0 Å². The summed E-state index contributed by atoms with van der Waals surface area (Å²) in [6.07, 6.45) is 1.98. The molecule has 152 valence electrons. The van der Waals surface area contributed by atoms with Gasteiger partial charge in [-0.3, -0.25) is 9.59 Å². The van der Waals surface area contributed by atoms with E-state index in [9.17, 15) is 14.4 Å². The first kappa shape index (κ1) is 21.9. The number of hydrogen-bond donors (Lipinski definition) is 1. The molecule has 0 bridgehead atoms. The maximum atomic E-state index is 12.9. The van der Waals surface area contributed by atoms with Crippen molar-refractivity contribution in [2.24, 2.45) is 0 Å². The summed E-state index contributed by atoms with van der Waals surface area (Å²) in [6, 6.07) is 16.1. The Kier molecular flexibility index (Phi) is 8.15. The molecule has 2 rings (SSSR count). The van der Waals surface area contributed by atoms with Crippen molar-refractivity contribution < 1.29 is 19.1 Å². The maximum Gasteiger partial charge on any atom is 0.328 e. The van der Waals surface area contributed by atoms with Crippen LogP contribution in [0.4, 0.5) is 5.69 Å². The summed E-state index contributed by atoms with van der Waals surface area (Å²) in [6.45, 7) is 5.42. The lowest BCUT2D eigenvalue weighted by atomic mass is 10.1. The van der Waals surface area contributed by atoms with Crippen LogP contribution in [0, 0.1) is 0 Å². The molecule has 0 saturated heterocycles. The number of rotatable bonds is 9. The second-order valence-corrected chi connectivity index (χ2v) is 6.60. The number of nitrogens with zero attached hydrogens (tertiary/aromatic N) is 1. The van der Waals surface area contributed by atoms with Gasteiger partial charge in [-0.15, -0.1) is 0 Å². The highest BCUT2D eigenvalue weighted by Crippen LogP contribution is 2.15. The first-order valence-electron chi connectivity index (χ1n) is 9.38. The normalized spacial score (nSPS) is 11.2. The molecule has 0 spiro atoms. The zero-order valence-corrected chi connectivity index (χ0v) is 16.8. The Morgan fingerprint density at radius 2 is 1.72 bits per heavy atom. The average molecular weight is 394 g/mol. The van der Waals surface area contributed by atoms with Gasteiger partial charge in [-0.2, -0.15) is 0 Å². The quantitative estimate of drug-likeness (QED) is 0.523. The van der Waals surface area contributed by atoms with Gasteiger partial charge in [-0.25, -0.2) is 4.79 Å². The Balaban J connectivity index is 2.03. The number of ether oxygens (including phenoxy) is 1. The van der Waals surface area contributed by atoms with E-state index in [2.05, 4.69) is 11.9 Å². The second-order valence-electron chi connectivity index (χ2n) is 6.60. The molecule has 29 heavy (non-hydrogen) atoms. The molecule has 0 fully saturated rings. The van der Waals surface area contributed by atoms with E-state index in [1.807, 2.05) is 42.5 Å². The summed E-state index contributed by atoms with van der Waals surface area (Å²) < 4.78 is 4.82. The van der Waals surface area contributed by atoms with E-state index in [1.165, 1.54) is 13.2 Å². The Bertz CT molecular complexity index is 847. The van der Waals surface area contributed by atoms with Gasteiger partial charge in [0.1, 0.15) is 6.04 Å². The fraction of sp³-hybridized carbons (Fsp3) is 0.261. The van der Waals surface area contributed by atoms with Crippen LogP contribution in [0.25, 0.3) is 0 Å². The maximum absolute atomic E-state index is 12.9. The number of methoxy groups -OCH3 is 1. The lowest BCUT2D eigenvalue weighted by Gasteiger charge is -2.27. The summed E-state index contributed by atoms with van der Waals surface area (Å²) in [5.41, 5.74) is 2.56. The number of anilines is 1. The van der Waals surface area contributed by atoms with Crippen LogP contribution in [0.1, 0.15) is 24.5 Å².